The first-order valence-electron chi connectivity index (χ1n) is 8.32. The van der Waals surface area contributed by atoms with Crippen molar-refractivity contribution < 1.29 is 4.79 Å². The summed E-state index contributed by atoms with van der Waals surface area (Å²) in [4.78, 5) is 17.8. The van der Waals surface area contributed by atoms with E-state index >= 15 is 0 Å². The molecule has 0 fully saturated rings. The number of thiazole rings is 1. The van der Waals surface area contributed by atoms with Crippen LogP contribution < -0.4 is 5.32 Å². The molecular formula is C21H15ClN2OS2. The minimum absolute atomic E-state index is 0.0392. The van der Waals surface area contributed by atoms with E-state index in [0.29, 0.717) is 10.8 Å². The van der Waals surface area contributed by atoms with Gasteiger partial charge in [-0.15, -0.1) is 23.1 Å². The van der Waals surface area contributed by atoms with Crippen molar-refractivity contribution in [3.63, 3.8) is 0 Å². The van der Waals surface area contributed by atoms with E-state index < -0.39 is 0 Å². The SMILES string of the molecule is O=C(CSc1ccc(Cl)cc1)Nc1ccc(-c2nc3ccccc3s2)cc1. The molecule has 6 heteroatoms. The number of rotatable bonds is 5. The normalized spacial score (nSPS) is 10.9. The molecule has 3 nitrogen and oxygen atoms in total. The zero-order chi connectivity index (χ0) is 18.6. The standard InChI is InChI=1S/C21H15ClN2OS2/c22-15-7-11-17(12-8-15)26-13-20(25)23-16-9-5-14(6-10-16)21-24-18-3-1-2-4-19(18)27-21/h1-12H,13H2,(H,23,25). The molecule has 0 saturated heterocycles. The smallest absolute Gasteiger partial charge is 0.234 e. The monoisotopic (exact) mass is 410 g/mol. The molecule has 0 atom stereocenters. The molecule has 0 unspecified atom stereocenters. The fourth-order valence-corrected chi connectivity index (χ4v) is 4.36. The van der Waals surface area contributed by atoms with E-state index in [9.17, 15) is 4.79 Å². The Bertz CT molecular complexity index is 1040. The minimum Gasteiger partial charge on any atom is -0.325 e. The van der Waals surface area contributed by atoms with Crippen LogP contribution in [0.5, 0.6) is 0 Å². The lowest BCUT2D eigenvalue weighted by Crippen LogP contribution is -2.13. The molecule has 1 amide bonds. The van der Waals surface area contributed by atoms with Crippen LogP contribution in [0, 0.1) is 0 Å². The van der Waals surface area contributed by atoms with Gasteiger partial charge in [0.15, 0.2) is 0 Å². The van der Waals surface area contributed by atoms with Crippen LogP contribution in [-0.4, -0.2) is 16.6 Å². The third kappa shape index (κ3) is 4.50. The van der Waals surface area contributed by atoms with E-state index in [1.165, 1.54) is 16.5 Å². The summed E-state index contributed by atoms with van der Waals surface area (Å²) in [5.41, 5.74) is 2.83. The van der Waals surface area contributed by atoms with Crippen molar-refractivity contribution in [2.24, 2.45) is 0 Å². The number of hydrogen-bond donors (Lipinski definition) is 1. The van der Waals surface area contributed by atoms with Crippen LogP contribution in [0.15, 0.2) is 77.7 Å². The van der Waals surface area contributed by atoms with E-state index in [1.54, 1.807) is 11.3 Å². The van der Waals surface area contributed by atoms with Crippen molar-refractivity contribution in [3.8, 4) is 10.6 Å². The zero-order valence-corrected chi connectivity index (χ0v) is 16.6. The first-order valence-corrected chi connectivity index (χ1v) is 10.5. The lowest BCUT2D eigenvalue weighted by Gasteiger charge is -2.06. The number of carbonyl (C=O) groups excluding carboxylic acids is 1. The Labute approximate surface area is 170 Å². The number of halogens is 1. The van der Waals surface area contributed by atoms with Gasteiger partial charge in [0.2, 0.25) is 5.91 Å². The molecule has 1 N–H and O–H groups in total. The third-order valence-electron chi connectivity index (χ3n) is 3.89. The van der Waals surface area contributed by atoms with Crippen molar-refractivity contribution >= 4 is 56.5 Å². The molecule has 4 aromatic rings. The van der Waals surface area contributed by atoms with Gasteiger partial charge in [0.1, 0.15) is 5.01 Å². The number of nitrogens with one attached hydrogen (secondary N) is 1. The summed E-state index contributed by atoms with van der Waals surface area (Å²) in [6.45, 7) is 0. The topological polar surface area (TPSA) is 42.0 Å². The Morgan fingerprint density at radius 2 is 1.74 bits per heavy atom. The quantitative estimate of drug-likeness (QED) is 0.390. The lowest BCUT2D eigenvalue weighted by atomic mass is 10.2. The van der Waals surface area contributed by atoms with Gasteiger partial charge in [0, 0.05) is 21.2 Å². The van der Waals surface area contributed by atoms with Gasteiger partial charge in [-0.05, 0) is 60.7 Å². The Morgan fingerprint density at radius 1 is 1.00 bits per heavy atom. The molecule has 3 aromatic carbocycles. The molecule has 134 valence electrons. The van der Waals surface area contributed by atoms with Gasteiger partial charge in [0.25, 0.3) is 0 Å². The first kappa shape index (κ1) is 18.0. The highest BCUT2D eigenvalue weighted by molar-refractivity contribution is 8.00. The largest absolute Gasteiger partial charge is 0.325 e. The third-order valence-corrected chi connectivity index (χ3v) is 6.24. The van der Waals surface area contributed by atoms with Crippen LogP contribution in [0.4, 0.5) is 5.69 Å². The van der Waals surface area contributed by atoms with Crippen LogP contribution in [0.25, 0.3) is 20.8 Å². The molecule has 0 aliphatic heterocycles. The van der Waals surface area contributed by atoms with Crippen molar-refractivity contribution in [1.29, 1.82) is 0 Å². The molecule has 0 spiro atoms. The van der Waals surface area contributed by atoms with Gasteiger partial charge < -0.3 is 5.32 Å². The van der Waals surface area contributed by atoms with Gasteiger partial charge in [-0.3, -0.25) is 4.79 Å². The number of hydrogen-bond acceptors (Lipinski definition) is 4. The summed E-state index contributed by atoms with van der Waals surface area (Å²) in [7, 11) is 0. The second kappa shape index (κ2) is 8.13. The molecule has 0 bridgehead atoms. The van der Waals surface area contributed by atoms with Crippen LogP contribution in [0.3, 0.4) is 0 Å². The van der Waals surface area contributed by atoms with Crippen molar-refractivity contribution in [2.45, 2.75) is 4.90 Å². The van der Waals surface area contributed by atoms with Crippen LogP contribution >= 0.6 is 34.7 Å². The maximum Gasteiger partial charge on any atom is 0.234 e. The number of thioether (sulfide) groups is 1. The van der Waals surface area contributed by atoms with Gasteiger partial charge in [0.05, 0.1) is 16.0 Å². The minimum atomic E-state index is -0.0392. The first-order chi connectivity index (χ1) is 13.2. The number of nitrogens with zero attached hydrogens (tertiary/aromatic N) is 1. The molecule has 4 rings (SSSR count). The number of aromatic nitrogens is 1. The Morgan fingerprint density at radius 3 is 2.48 bits per heavy atom. The molecule has 1 aromatic heterocycles. The highest BCUT2D eigenvalue weighted by Gasteiger charge is 2.07. The number of fused-ring (bicyclic) bond motifs is 1. The van der Waals surface area contributed by atoms with Gasteiger partial charge in [-0.1, -0.05) is 23.7 Å². The Balaban J connectivity index is 1.38. The van der Waals surface area contributed by atoms with E-state index in [1.807, 2.05) is 66.7 Å². The molecule has 0 radical (unpaired) electrons. The fraction of sp³-hybridized carbons (Fsp3) is 0.0476. The van der Waals surface area contributed by atoms with E-state index in [0.717, 1.165) is 26.7 Å². The number of anilines is 1. The fourth-order valence-electron chi connectivity index (χ4n) is 2.57. The van der Waals surface area contributed by atoms with E-state index in [2.05, 4.69) is 16.4 Å². The van der Waals surface area contributed by atoms with Crippen molar-refractivity contribution in [3.05, 3.63) is 77.8 Å². The summed E-state index contributed by atoms with van der Waals surface area (Å²) in [6.07, 6.45) is 0. The van der Waals surface area contributed by atoms with Gasteiger partial charge in [-0.25, -0.2) is 4.98 Å². The average molecular weight is 411 g/mol. The van der Waals surface area contributed by atoms with E-state index in [-0.39, 0.29) is 5.91 Å². The summed E-state index contributed by atoms with van der Waals surface area (Å²) in [5, 5.41) is 4.60. The molecule has 1 heterocycles. The molecule has 0 aliphatic rings. The molecule has 0 aliphatic carbocycles. The Hall–Kier alpha value is -2.34. The molecular weight excluding hydrogens is 396 g/mol. The maximum absolute atomic E-state index is 12.2. The van der Waals surface area contributed by atoms with Gasteiger partial charge >= 0.3 is 0 Å². The highest BCUT2D eigenvalue weighted by atomic mass is 35.5. The maximum atomic E-state index is 12.2. The second-order valence-corrected chi connectivity index (χ2v) is 8.37. The predicted molar refractivity (Wildman–Crippen MR) is 116 cm³/mol. The summed E-state index contributed by atoms with van der Waals surface area (Å²) >= 11 is 9.01. The van der Waals surface area contributed by atoms with Crippen LogP contribution in [0.2, 0.25) is 5.02 Å². The summed E-state index contributed by atoms with van der Waals surface area (Å²) in [6, 6.07) is 23.4. The van der Waals surface area contributed by atoms with Crippen molar-refractivity contribution in [1.82, 2.24) is 4.98 Å². The van der Waals surface area contributed by atoms with E-state index in [4.69, 9.17) is 11.6 Å². The number of benzene rings is 3. The lowest BCUT2D eigenvalue weighted by molar-refractivity contribution is -0.113. The molecule has 27 heavy (non-hydrogen) atoms. The number of carbonyl (C=O) groups is 1. The zero-order valence-electron chi connectivity index (χ0n) is 14.2. The van der Waals surface area contributed by atoms with Gasteiger partial charge in [-0.2, -0.15) is 0 Å². The number of para-hydroxylation sites is 1. The predicted octanol–water partition coefficient (Wildman–Crippen LogP) is 6.35. The summed E-state index contributed by atoms with van der Waals surface area (Å²) in [5.74, 6) is 0.309. The molecule has 0 saturated carbocycles. The van der Waals surface area contributed by atoms with Crippen LogP contribution in [0.1, 0.15) is 0 Å². The Kier molecular flexibility index (Phi) is 5.43. The average Bonchev–Trinajstić information content (AvgIpc) is 3.12. The second-order valence-electron chi connectivity index (χ2n) is 5.85. The van der Waals surface area contributed by atoms with Crippen LogP contribution in [-0.2, 0) is 4.79 Å². The summed E-state index contributed by atoms with van der Waals surface area (Å²) < 4.78 is 1.17. The number of amides is 1. The van der Waals surface area contributed by atoms with Crippen molar-refractivity contribution in [2.75, 3.05) is 11.1 Å². The highest BCUT2D eigenvalue weighted by Crippen LogP contribution is 2.30.